The number of carboxylic acid groups (broad SMARTS) is 1. The number of ketones is 1. The van der Waals surface area contributed by atoms with Gasteiger partial charge in [-0.25, -0.2) is 4.39 Å². The lowest BCUT2D eigenvalue weighted by atomic mass is 9.98. The number of rotatable bonds is 5. The van der Waals surface area contributed by atoms with Gasteiger partial charge in [0.1, 0.15) is 5.82 Å². The van der Waals surface area contributed by atoms with Crippen LogP contribution < -0.4 is 5.32 Å². The molecular formula is C14H18FNO3. The monoisotopic (exact) mass is 267 g/mol. The van der Waals surface area contributed by atoms with Crippen molar-refractivity contribution in [2.75, 3.05) is 0 Å². The molecule has 1 rings (SSSR count). The molecule has 0 bridgehead atoms. The van der Waals surface area contributed by atoms with E-state index in [1.807, 2.05) is 20.8 Å². The van der Waals surface area contributed by atoms with Gasteiger partial charge in [-0.1, -0.05) is 0 Å². The molecule has 1 atom stereocenters. The van der Waals surface area contributed by atoms with Crippen molar-refractivity contribution in [3.8, 4) is 0 Å². The summed E-state index contributed by atoms with van der Waals surface area (Å²) < 4.78 is 12.8. The van der Waals surface area contributed by atoms with Crippen molar-refractivity contribution >= 4 is 11.8 Å². The maximum atomic E-state index is 12.8. The Kier molecular flexibility index (Phi) is 4.78. The van der Waals surface area contributed by atoms with Gasteiger partial charge in [-0.3, -0.25) is 9.59 Å². The minimum absolute atomic E-state index is 0.296. The molecule has 1 aromatic carbocycles. The molecular weight excluding hydrogens is 249 g/mol. The zero-order valence-corrected chi connectivity index (χ0v) is 11.2. The fourth-order valence-electron chi connectivity index (χ4n) is 1.72. The summed E-state index contributed by atoms with van der Waals surface area (Å²) in [6.07, 6.45) is -0.312. The van der Waals surface area contributed by atoms with Gasteiger partial charge in [0, 0.05) is 11.1 Å². The quantitative estimate of drug-likeness (QED) is 0.803. The summed E-state index contributed by atoms with van der Waals surface area (Å²) >= 11 is 0. The van der Waals surface area contributed by atoms with E-state index in [-0.39, 0.29) is 12.2 Å². The zero-order chi connectivity index (χ0) is 14.6. The molecule has 0 aliphatic rings. The predicted octanol–water partition coefficient (Wildman–Crippen LogP) is 2.24. The number of nitrogens with one attached hydrogen (secondary N) is 1. The average Bonchev–Trinajstić information content (AvgIpc) is 2.25. The molecule has 2 N–H and O–H groups in total. The molecule has 0 heterocycles. The topological polar surface area (TPSA) is 66.4 Å². The number of carbonyl (C=O) groups is 2. The fraction of sp³-hybridized carbons (Fsp3) is 0.429. The van der Waals surface area contributed by atoms with Crippen molar-refractivity contribution in [1.82, 2.24) is 5.32 Å². The second-order valence-electron chi connectivity index (χ2n) is 5.42. The minimum atomic E-state index is -1.06. The van der Waals surface area contributed by atoms with Crippen LogP contribution >= 0.6 is 0 Å². The minimum Gasteiger partial charge on any atom is -0.481 e. The lowest BCUT2D eigenvalue weighted by Crippen LogP contribution is -2.48. The summed E-state index contributed by atoms with van der Waals surface area (Å²) in [6.45, 7) is 5.54. The van der Waals surface area contributed by atoms with Crippen molar-refractivity contribution < 1.29 is 19.1 Å². The molecule has 0 saturated heterocycles. The van der Waals surface area contributed by atoms with E-state index < -0.39 is 23.4 Å². The smallest absolute Gasteiger partial charge is 0.305 e. The van der Waals surface area contributed by atoms with Crippen molar-refractivity contribution in [3.05, 3.63) is 35.6 Å². The van der Waals surface area contributed by atoms with Crippen LogP contribution in [0.3, 0.4) is 0 Å². The zero-order valence-electron chi connectivity index (χ0n) is 11.2. The summed E-state index contributed by atoms with van der Waals surface area (Å²) in [5.41, 5.74) is -0.0973. The summed E-state index contributed by atoms with van der Waals surface area (Å²) in [5.74, 6) is -1.84. The first-order valence-corrected chi connectivity index (χ1v) is 5.98. The van der Waals surface area contributed by atoms with Gasteiger partial charge < -0.3 is 10.4 Å². The normalized spacial score (nSPS) is 13.1. The summed E-state index contributed by atoms with van der Waals surface area (Å²) in [6, 6.07) is 4.25. The van der Waals surface area contributed by atoms with Gasteiger partial charge >= 0.3 is 5.97 Å². The Morgan fingerprint density at radius 1 is 1.26 bits per heavy atom. The van der Waals surface area contributed by atoms with Gasteiger partial charge in [-0.05, 0) is 45.0 Å². The van der Waals surface area contributed by atoms with E-state index >= 15 is 0 Å². The number of aliphatic carboxylic acids is 1. The van der Waals surface area contributed by atoms with Crippen LogP contribution in [0.2, 0.25) is 0 Å². The highest BCUT2D eigenvalue weighted by molar-refractivity contribution is 6.01. The molecule has 0 spiro atoms. The lowest BCUT2D eigenvalue weighted by molar-refractivity contribution is -0.137. The number of benzene rings is 1. The Morgan fingerprint density at radius 3 is 2.21 bits per heavy atom. The lowest BCUT2D eigenvalue weighted by Gasteiger charge is -2.26. The largest absolute Gasteiger partial charge is 0.481 e. The standard InChI is InChI=1S/C14H18FNO3/c1-14(2,3)16-11(8-12(17)18)13(19)9-4-6-10(15)7-5-9/h4-7,11,16H,8H2,1-3H3,(H,17,18). The highest BCUT2D eigenvalue weighted by atomic mass is 19.1. The molecule has 4 nitrogen and oxygen atoms in total. The van der Waals surface area contributed by atoms with Gasteiger partial charge in [0.2, 0.25) is 0 Å². The second-order valence-corrected chi connectivity index (χ2v) is 5.42. The first-order chi connectivity index (χ1) is 8.69. The summed E-state index contributed by atoms with van der Waals surface area (Å²) in [7, 11) is 0. The van der Waals surface area contributed by atoms with E-state index in [1.165, 1.54) is 24.3 Å². The molecule has 5 heteroatoms. The Morgan fingerprint density at radius 2 is 1.79 bits per heavy atom. The van der Waals surface area contributed by atoms with E-state index in [4.69, 9.17) is 5.11 Å². The number of Topliss-reactive ketones (excluding diaryl/α,β-unsaturated/α-hetero) is 1. The molecule has 0 amide bonds. The summed E-state index contributed by atoms with van der Waals surface area (Å²) in [4.78, 5) is 23.1. The van der Waals surface area contributed by atoms with Crippen LogP contribution in [0, 0.1) is 5.82 Å². The number of carbonyl (C=O) groups excluding carboxylic acids is 1. The van der Waals surface area contributed by atoms with Gasteiger partial charge in [0.25, 0.3) is 0 Å². The Bertz CT molecular complexity index is 463. The Labute approximate surface area is 111 Å². The van der Waals surface area contributed by atoms with Gasteiger partial charge in [-0.2, -0.15) is 0 Å². The van der Waals surface area contributed by atoms with E-state index in [1.54, 1.807) is 0 Å². The van der Waals surface area contributed by atoms with Crippen molar-refractivity contribution in [2.45, 2.75) is 38.8 Å². The molecule has 0 aromatic heterocycles. The van der Waals surface area contributed by atoms with Crippen molar-refractivity contribution in [1.29, 1.82) is 0 Å². The van der Waals surface area contributed by atoms with Crippen LogP contribution in [0.1, 0.15) is 37.6 Å². The van der Waals surface area contributed by atoms with Crippen LogP contribution in [-0.2, 0) is 4.79 Å². The molecule has 0 fully saturated rings. The SMILES string of the molecule is CC(C)(C)NC(CC(=O)O)C(=O)c1ccc(F)cc1. The highest BCUT2D eigenvalue weighted by Gasteiger charge is 2.26. The van der Waals surface area contributed by atoms with E-state index in [0.717, 1.165) is 0 Å². The number of carboxylic acids is 1. The van der Waals surface area contributed by atoms with Gasteiger partial charge in [0.05, 0.1) is 12.5 Å². The molecule has 0 aliphatic heterocycles. The van der Waals surface area contributed by atoms with Crippen LogP contribution in [-0.4, -0.2) is 28.4 Å². The molecule has 0 radical (unpaired) electrons. The third-order valence-electron chi connectivity index (χ3n) is 2.43. The van der Waals surface area contributed by atoms with E-state index in [9.17, 15) is 14.0 Å². The first-order valence-electron chi connectivity index (χ1n) is 5.98. The Balaban J connectivity index is 2.93. The van der Waals surface area contributed by atoms with Crippen molar-refractivity contribution in [2.24, 2.45) is 0 Å². The molecule has 0 aliphatic carbocycles. The fourth-order valence-corrected chi connectivity index (χ4v) is 1.72. The average molecular weight is 267 g/mol. The van der Waals surface area contributed by atoms with Gasteiger partial charge in [-0.15, -0.1) is 0 Å². The van der Waals surface area contributed by atoms with Crippen molar-refractivity contribution in [3.63, 3.8) is 0 Å². The molecule has 1 aromatic rings. The number of hydrogen-bond acceptors (Lipinski definition) is 3. The number of halogens is 1. The van der Waals surface area contributed by atoms with E-state index in [2.05, 4.69) is 5.32 Å². The van der Waals surface area contributed by atoms with E-state index in [0.29, 0.717) is 5.56 Å². The predicted molar refractivity (Wildman–Crippen MR) is 69.7 cm³/mol. The van der Waals surface area contributed by atoms with Crippen LogP contribution in [0.25, 0.3) is 0 Å². The summed E-state index contributed by atoms with van der Waals surface area (Å²) in [5, 5.41) is 11.8. The van der Waals surface area contributed by atoms with Crippen LogP contribution in [0.4, 0.5) is 4.39 Å². The molecule has 0 saturated carbocycles. The second kappa shape index (κ2) is 5.93. The van der Waals surface area contributed by atoms with Crippen LogP contribution in [0.5, 0.6) is 0 Å². The van der Waals surface area contributed by atoms with Gasteiger partial charge in [0.15, 0.2) is 5.78 Å². The third kappa shape index (κ3) is 5.18. The molecule has 104 valence electrons. The number of hydrogen-bond donors (Lipinski definition) is 2. The third-order valence-corrected chi connectivity index (χ3v) is 2.43. The molecule has 1 unspecified atom stereocenters. The maximum absolute atomic E-state index is 12.8. The maximum Gasteiger partial charge on any atom is 0.305 e. The highest BCUT2D eigenvalue weighted by Crippen LogP contribution is 2.11. The Hall–Kier alpha value is -1.75. The first kappa shape index (κ1) is 15.3. The molecule has 19 heavy (non-hydrogen) atoms. The van der Waals surface area contributed by atoms with Crippen LogP contribution in [0.15, 0.2) is 24.3 Å².